The average Bonchev–Trinajstić information content (AvgIpc) is 2.50. The van der Waals surface area contributed by atoms with Crippen molar-refractivity contribution in [1.29, 1.82) is 0 Å². The summed E-state index contributed by atoms with van der Waals surface area (Å²) in [5.74, 6) is 0. The molecule has 0 radical (unpaired) electrons. The Hall–Kier alpha value is -0.730. The first-order valence-electron chi connectivity index (χ1n) is 4.93. The van der Waals surface area contributed by atoms with Gasteiger partial charge in [-0.1, -0.05) is 26.7 Å². The van der Waals surface area contributed by atoms with Crippen LogP contribution in [-0.2, 0) is 0 Å². The van der Waals surface area contributed by atoms with Gasteiger partial charge in [-0.3, -0.25) is 5.43 Å². The molecule has 3 nitrogen and oxygen atoms in total. The Kier molecular flexibility index (Phi) is 3.91. The minimum absolute atomic E-state index is 0.460. The Bertz CT molecular complexity index is 145. The molecule has 0 aromatic heterocycles. The molecule has 0 fully saturated rings. The van der Waals surface area contributed by atoms with Gasteiger partial charge in [0.05, 0.1) is 0 Å². The van der Waals surface area contributed by atoms with E-state index >= 15 is 0 Å². The summed E-state index contributed by atoms with van der Waals surface area (Å²) in [6.07, 6.45) is 7.29. The highest BCUT2D eigenvalue weighted by molar-refractivity contribution is 5.56. The van der Waals surface area contributed by atoms with E-state index in [-0.39, 0.29) is 0 Å². The van der Waals surface area contributed by atoms with Crippen molar-refractivity contribution < 1.29 is 0 Å². The van der Waals surface area contributed by atoms with Crippen LogP contribution < -0.4 is 5.43 Å². The number of nitrogens with one attached hydrogen (secondary N) is 1. The normalized spacial score (nSPS) is 21.5. The standard InChI is InChI=1S/C9H19N3/c1-3-5-7-12-8-10-11-9(12)6-4-2/h8-9,11H,3-7H2,1-2H3. The summed E-state index contributed by atoms with van der Waals surface area (Å²) >= 11 is 0. The van der Waals surface area contributed by atoms with Gasteiger partial charge in [0, 0.05) is 6.54 Å². The van der Waals surface area contributed by atoms with Crippen LogP contribution in [0.1, 0.15) is 39.5 Å². The van der Waals surface area contributed by atoms with Gasteiger partial charge in [-0.15, -0.1) is 0 Å². The predicted octanol–water partition coefficient (Wildman–Crippen LogP) is 1.76. The second kappa shape index (κ2) is 5.01. The molecular formula is C9H19N3. The summed E-state index contributed by atoms with van der Waals surface area (Å²) in [6.45, 7) is 5.56. The van der Waals surface area contributed by atoms with E-state index in [1.165, 1.54) is 25.7 Å². The molecule has 0 saturated carbocycles. The molecular weight excluding hydrogens is 150 g/mol. The van der Waals surface area contributed by atoms with Gasteiger partial charge in [0.25, 0.3) is 0 Å². The Labute approximate surface area is 74.8 Å². The number of hydrogen-bond donors (Lipinski definition) is 1. The molecule has 0 aromatic rings. The summed E-state index contributed by atoms with van der Waals surface area (Å²) in [5, 5.41) is 4.07. The maximum atomic E-state index is 4.07. The molecule has 0 saturated heterocycles. The van der Waals surface area contributed by atoms with E-state index in [9.17, 15) is 0 Å². The SMILES string of the molecule is CCCCN1C=NNC1CCC. The fourth-order valence-corrected chi connectivity index (χ4v) is 1.41. The van der Waals surface area contributed by atoms with Crippen LogP contribution in [0.5, 0.6) is 0 Å². The second-order valence-electron chi connectivity index (χ2n) is 3.27. The first-order chi connectivity index (χ1) is 5.88. The molecule has 0 aliphatic carbocycles. The topological polar surface area (TPSA) is 27.6 Å². The maximum absolute atomic E-state index is 4.07. The third kappa shape index (κ3) is 2.40. The average molecular weight is 169 g/mol. The molecule has 0 amide bonds. The van der Waals surface area contributed by atoms with Crippen LogP contribution in [0.2, 0.25) is 0 Å². The Balaban J connectivity index is 2.24. The van der Waals surface area contributed by atoms with Gasteiger partial charge < -0.3 is 4.90 Å². The Morgan fingerprint density at radius 1 is 1.42 bits per heavy atom. The van der Waals surface area contributed by atoms with Gasteiger partial charge in [-0.05, 0) is 12.8 Å². The molecule has 0 bridgehead atoms. The number of rotatable bonds is 5. The number of nitrogens with zero attached hydrogens (tertiary/aromatic N) is 2. The molecule has 1 atom stereocenters. The van der Waals surface area contributed by atoms with Gasteiger partial charge in [0.2, 0.25) is 0 Å². The molecule has 1 N–H and O–H groups in total. The van der Waals surface area contributed by atoms with Crippen molar-refractivity contribution in [2.24, 2.45) is 5.10 Å². The first kappa shape index (κ1) is 9.36. The lowest BCUT2D eigenvalue weighted by Gasteiger charge is -2.22. The molecule has 1 heterocycles. The highest BCUT2D eigenvalue weighted by Gasteiger charge is 2.17. The lowest BCUT2D eigenvalue weighted by atomic mass is 10.2. The van der Waals surface area contributed by atoms with Gasteiger partial charge >= 0.3 is 0 Å². The fourth-order valence-electron chi connectivity index (χ4n) is 1.41. The number of unbranched alkanes of at least 4 members (excludes halogenated alkanes) is 1. The van der Waals surface area contributed by atoms with Crippen molar-refractivity contribution in [3.63, 3.8) is 0 Å². The summed E-state index contributed by atoms with van der Waals surface area (Å²) in [4.78, 5) is 2.30. The molecule has 0 spiro atoms. The van der Waals surface area contributed by atoms with Crippen LogP contribution in [0.3, 0.4) is 0 Å². The van der Waals surface area contributed by atoms with Crippen LogP contribution in [0.4, 0.5) is 0 Å². The smallest absolute Gasteiger partial charge is 0.116 e. The number of hydrazone groups is 1. The lowest BCUT2D eigenvalue weighted by Crippen LogP contribution is -2.37. The van der Waals surface area contributed by atoms with Crippen LogP contribution in [0.15, 0.2) is 5.10 Å². The largest absolute Gasteiger partial charge is 0.340 e. The Morgan fingerprint density at radius 3 is 2.92 bits per heavy atom. The maximum Gasteiger partial charge on any atom is 0.116 e. The lowest BCUT2D eigenvalue weighted by molar-refractivity contribution is 0.284. The quantitative estimate of drug-likeness (QED) is 0.679. The van der Waals surface area contributed by atoms with Crippen LogP contribution >= 0.6 is 0 Å². The highest BCUT2D eigenvalue weighted by atomic mass is 15.5. The zero-order chi connectivity index (χ0) is 8.81. The van der Waals surface area contributed by atoms with Crippen molar-refractivity contribution >= 4 is 6.34 Å². The first-order valence-corrected chi connectivity index (χ1v) is 4.93. The van der Waals surface area contributed by atoms with E-state index in [1.807, 2.05) is 6.34 Å². The molecule has 1 aliphatic heterocycles. The van der Waals surface area contributed by atoms with E-state index in [2.05, 4.69) is 29.3 Å². The zero-order valence-corrected chi connectivity index (χ0v) is 8.08. The highest BCUT2D eigenvalue weighted by Crippen LogP contribution is 2.07. The van der Waals surface area contributed by atoms with Gasteiger partial charge in [0.1, 0.15) is 12.5 Å². The summed E-state index contributed by atoms with van der Waals surface area (Å²) in [5.41, 5.74) is 3.11. The molecule has 12 heavy (non-hydrogen) atoms. The van der Waals surface area contributed by atoms with E-state index in [0.717, 1.165) is 6.54 Å². The third-order valence-electron chi connectivity index (χ3n) is 2.16. The van der Waals surface area contributed by atoms with Gasteiger partial charge in [-0.25, -0.2) is 0 Å². The van der Waals surface area contributed by atoms with Crippen molar-refractivity contribution in [3.05, 3.63) is 0 Å². The van der Waals surface area contributed by atoms with Crippen LogP contribution in [0, 0.1) is 0 Å². The summed E-state index contributed by atoms with van der Waals surface area (Å²) in [6, 6.07) is 0. The van der Waals surface area contributed by atoms with Crippen molar-refractivity contribution in [2.45, 2.75) is 45.7 Å². The Morgan fingerprint density at radius 2 is 2.25 bits per heavy atom. The minimum Gasteiger partial charge on any atom is -0.340 e. The third-order valence-corrected chi connectivity index (χ3v) is 2.16. The van der Waals surface area contributed by atoms with E-state index in [0.29, 0.717) is 6.17 Å². The summed E-state index contributed by atoms with van der Waals surface area (Å²) < 4.78 is 0. The fraction of sp³-hybridized carbons (Fsp3) is 0.889. The van der Waals surface area contributed by atoms with Crippen molar-refractivity contribution in [1.82, 2.24) is 10.3 Å². The van der Waals surface area contributed by atoms with Gasteiger partial charge in [-0.2, -0.15) is 5.10 Å². The summed E-state index contributed by atoms with van der Waals surface area (Å²) in [7, 11) is 0. The number of hydrogen-bond acceptors (Lipinski definition) is 3. The van der Waals surface area contributed by atoms with Crippen LogP contribution in [-0.4, -0.2) is 23.9 Å². The zero-order valence-electron chi connectivity index (χ0n) is 8.08. The minimum atomic E-state index is 0.460. The molecule has 1 unspecified atom stereocenters. The molecule has 1 rings (SSSR count). The monoisotopic (exact) mass is 169 g/mol. The van der Waals surface area contributed by atoms with E-state index < -0.39 is 0 Å². The molecule has 3 heteroatoms. The van der Waals surface area contributed by atoms with Crippen LogP contribution in [0.25, 0.3) is 0 Å². The van der Waals surface area contributed by atoms with E-state index in [1.54, 1.807) is 0 Å². The van der Waals surface area contributed by atoms with Crippen molar-refractivity contribution in [3.8, 4) is 0 Å². The van der Waals surface area contributed by atoms with Gasteiger partial charge in [0.15, 0.2) is 0 Å². The molecule has 0 aromatic carbocycles. The van der Waals surface area contributed by atoms with Crippen molar-refractivity contribution in [2.75, 3.05) is 6.54 Å². The predicted molar refractivity (Wildman–Crippen MR) is 51.9 cm³/mol. The second-order valence-corrected chi connectivity index (χ2v) is 3.27. The van der Waals surface area contributed by atoms with E-state index in [4.69, 9.17) is 0 Å². The molecule has 1 aliphatic rings. The molecule has 70 valence electrons.